The van der Waals surface area contributed by atoms with Crippen LogP contribution in [0.4, 0.5) is 0 Å². The predicted molar refractivity (Wildman–Crippen MR) is 57.9 cm³/mol. The average molecular weight is 234 g/mol. The number of sulfonamides is 1. The molecule has 0 aromatic heterocycles. The highest BCUT2D eigenvalue weighted by Gasteiger charge is 2.17. The first kappa shape index (κ1) is 12.4. The molecule has 1 amide bonds. The number of carbonyl (C=O) groups excluding carboxylic acids is 1. The fourth-order valence-corrected chi connectivity index (χ4v) is 2.14. The van der Waals surface area contributed by atoms with Crippen LogP contribution in [0.25, 0.3) is 0 Å². The summed E-state index contributed by atoms with van der Waals surface area (Å²) in [7, 11) is -3.13. The van der Waals surface area contributed by atoms with Crippen molar-refractivity contribution in [1.82, 2.24) is 9.62 Å². The normalized spacial score (nSPS) is 18.2. The second-order valence-corrected chi connectivity index (χ2v) is 5.73. The van der Waals surface area contributed by atoms with Gasteiger partial charge in [0.2, 0.25) is 15.9 Å². The van der Waals surface area contributed by atoms with E-state index in [2.05, 4.69) is 4.72 Å². The van der Waals surface area contributed by atoms with Gasteiger partial charge in [0.15, 0.2) is 0 Å². The number of hydrogen-bond acceptors (Lipinski definition) is 3. The Hall–Kier alpha value is -0.620. The molecular formula is C9H18N2O3S. The fourth-order valence-electron chi connectivity index (χ4n) is 1.54. The van der Waals surface area contributed by atoms with Crippen molar-refractivity contribution < 1.29 is 13.2 Å². The maximum Gasteiger partial charge on any atom is 0.222 e. The summed E-state index contributed by atoms with van der Waals surface area (Å²) in [6, 6.07) is 0. The highest BCUT2D eigenvalue weighted by molar-refractivity contribution is 7.89. The Balaban J connectivity index is 2.28. The molecule has 0 aliphatic carbocycles. The van der Waals surface area contributed by atoms with Crippen molar-refractivity contribution in [2.45, 2.75) is 26.2 Å². The van der Waals surface area contributed by atoms with Gasteiger partial charge in [-0.3, -0.25) is 4.79 Å². The molecule has 0 spiro atoms. The van der Waals surface area contributed by atoms with Gasteiger partial charge in [0.1, 0.15) is 0 Å². The minimum Gasteiger partial charge on any atom is -0.341 e. The molecule has 0 saturated carbocycles. The molecular weight excluding hydrogens is 216 g/mol. The van der Waals surface area contributed by atoms with E-state index >= 15 is 0 Å². The van der Waals surface area contributed by atoms with E-state index in [-0.39, 0.29) is 11.7 Å². The number of rotatable bonds is 5. The summed E-state index contributed by atoms with van der Waals surface area (Å²) in [6.45, 7) is 3.15. The maximum absolute atomic E-state index is 11.4. The second kappa shape index (κ2) is 5.46. The van der Waals surface area contributed by atoms with Crippen molar-refractivity contribution in [3.05, 3.63) is 0 Å². The third kappa shape index (κ3) is 4.17. The van der Waals surface area contributed by atoms with Crippen LogP contribution in [-0.2, 0) is 14.8 Å². The molecule has 1 fully saturated rings. The van der Waals surface area contributed by atoms with Gasteiger partial charge in [-0.25, -0.2) is 13.1 Å². The zero-order valence-electron chi connectivity index (χ0n) is 9.03. The number of piperidine rings is 1. The van der Waals surface area contributed by atoms with Crippen molar-refractivity contribution in [3.63, 3.8) is 0 Å². The third-order valence-corrected chi connectivity index (χ3v) is 3.91. The zero-order valence-corrected chi connectivity index (χ0v) is 9.85. The Morgan fingerprint density at radius 3 is 2.73 bits per heavy atom. The van der Waals surface area contributed by atoms with Gasteiger partial charge in [0.05, 0.1) is 5.75 Å². The van der Waals surface area contributed by atoms with E-state index in [1.54, 1.807) is 11.8 Å². The summed E-state index contributed by atoms with van der Waals surface area (Å²) in [6.07, 6.45) is 2.57. The van der Waals surface area contributed by atoms with Crippen LogP contribution in [0, 0.1) is 0 Å². The quantitative estimate of drug-likeness (QED) is 0.724. The van der Waals surface area contributed by atoms with Gasteiger partial charge >= 0.3 is 0 Å². The predicted octanol–water partition coefficient (Wildman–Crippen LogP) is -0.0618. The molecule has 15 heavy (non-hydrogen) atoms. The van der Waals surface area contributed by atoms with Gasteiger partial charge in [-0.1, -0.05) is 0 Å². The Morgan fingerprint density at radius 2 is 2.13 bits per heavy atom. The molecule has 0 atom stereocenters. The number of nitrogens with zero attached hydrogens (tertiary/aromatic N) is 1. The Morgan fingerprint density at radius 1 is 1.40 bits per heavy atom. The zero-order chi connectivity index (χ0) is 11.3. The molecule has 1 aliphatic heterocycles. The standard InChI is InChI=1S/C9H18N2O3S/c1-2-15(13,14)10-6-8-11-7-4-3-5-9(11)12/h10H,2-8H2,1H3. The molecule has 0 unspecified atom stereocenters. The number of amides is 1. The van der Waals surface area contributed by atoms with Crippen molar-refractivity contribution in [2.75, 3.05) is 25.4 Å². The van der Waals surface area contributed by atoms with Crippen LogP contribution in [0.3, 0.4) is 0 Å². The molecule has 1 N–H and O–H groups in total. The molecule has 1 rings (SSSR count). The van der Waals surface area contributed by atoms with Gasteiger partial charge in [-0.2, -0.15) is 0 Å². The number of nitrogens with one attached hydrogen (secondary N) is 1. The summed E-state index contributed by atoms with van der Waals surface area (Å²) in [5, 5.41) is 0. The number of likely N-dealkylation sites (tertiary alicyclic amines) is 1. The van der Waals surface area contributed by atoms with Crippen LogP contribution in [0.2, 0.25) is 0 Å². The smallest absolute Gasteiger partial charge is 0.222 e. The summed E-state index contributed by atoms with van der Waals surface area (Å²) in [4.78, 5) is 13.1. The average Bonchev–Trinajstić information content (AvgIpc) is 2.21. The van der Waals surface area contributed by atoms with Crippen LogP contribution in [-0.4, -0.2) is 44.6 Å². The minimum absolute atomic E-state index is 0.0843. The molecule has 0 aromatic carbocycles. The fraction of sp³-hybridized carbons (Fsp3) is 0.889. The molecule has 1 aliphatic rings. The lowest BCUT2D eigenvalue weighted by atomic mass is 10.1. The van der Waals surface area contributed by atoms with Crippen molar-refractivity contribution >= 4 is 15.9 Å². The number of hydrogen-bond donors (Lipinski definition) is 1. The van der Waals surface area contributed by atoms with Crippen LogP contribution in [0.5, 0.6) is 0 Å². The SMILES string of the molecule is CCS(=O)(=O)NCCN1CCCCC1=O. The monoisotopic (exact) mass is 234 g/mol. The molecule has 0 aromatic rings. The van der Waals surface area contributed by atoms with Gasteiger partial charge in [-0.05, 0) is 19.8 Å². The Bertz CT molecular complexity index is 313. The van der Waals surface area contributed by atoms with Gasteiger partial charge in [0.25, 0.3) is 0 Å². The molecule has 1 heterocycles. The molecule has 6 heteroatoms. The first-order valence-electron chi connectivity index (χ1n) is 5.30. The van der Waals surface area contributed by atoms with Crippen molar-refractivity contribution in [1.29, 1.82) is 0 Å². The largest absolute Gasteiger partial charge is 0.341 e. The van der Waals surface area contributed by atoms with Crippen LogP contribution in [0.1, 0.15) is 26.2 Å². The first-order valence-corrected chi connectivity index (χ1v) is 6.95. The molecule has 5 nitrogen and oxygen atoms in total. The molecule has 1 saturated heterocycles. The maximum atomic E-state index is 11.4. The summed E-state index contributed by atoms with van der Waals surface area (Å²) in [5.41, 5.74) is 0. The van der Waals surface area contributed by atoms with E-state index in [4.69, 9.17) is 0 Å². The first-order chi connectivity index (χ1) is 7.05. The molecule has 0 radical (unpaired) electrons. The topological polar surface area (TPSA) is 66.5 Å². The summed E-state index contributed by atoms with van der Waals surface area (Å²) in [5.74, 6) is 0.220. The minimum atomic E-state index is -3.13. The van der Waals surface area contributed by atoms with Crippen LogP contribution < -0.4 is 4.72 Å². The van der Waals surface area contributed by atoms with E-state index in [0.717, 1.165) is 19.4 Å². The Labute approximate surface area is 90.9 Å². The summed E-state index contributed by atoms with van der Waals surface area (Å²) >= 11 is 0. The number of carbonyl (C=O) groups is 1. The molecule has 0 bridgehead atoms. The lowest BCUT2D eigenvalue weighted by Crippen LogP contribution is -2.41. The highest BCUT2D eigenvalue weighted by atomic mass is 32.2. The van der Waals surface area contributed by atoms with E-state index in [0.29, 0.717) is 19.5 Å². The van der Waals surface area contributed by atoms with Crippen molar-refractivity contribution in [3.8, 4) is 0 Å². The van der Waals surface area contributed by atoms with Crippen LogP contribution >= 0.6 is 0 Å². The van der Waals surface area contributed by atoms with E-state index in [1.807, 2.05) is 0 Å². The Kier molecular flexibility index (Phi) is 4.53. The van der Waals surface area contributed by atoms with Crippen LogP contribution in [0.15, 0.2) is 0 Å². The van der Waals surface area contributed by atoms with Gasteiger partial charge < -0.3 is 4.90 Å². The lowest BCUT2D eigenvalue weighted by Gasteiger charge is -2.26. The highest BCUT2D eigenvalue weighted by Crippen LogP contribution is 2.09. The van der Waals surface area contributed by atoms with Gasteiger partial charge in [0, 0.05) is 26.1 Å². The summed E-state index contributed by atoms with van der Waals surface area (Å²) < 4.78 is 24.7. The second-order valence-electron chi connectivity index (χ2n) is 3.64. The lowest BCUT2D eigenvalue weighted by molar-refractivity contribution is -0.133. The third-order valence-electron chi connectivity index (χ3n) is 2.51. The van der Waals surface area contributed by atoms with E-state index in [9.17, 15) is 13.2 Å². The van der Waals surface area contributed by atoms with Crippen molar-refractivity contribution in [2.24, 2.45) is 0 Å². The molecule has 88 valence electrons. The van der Waals surface area contributed by atoms with Gasteiger partial charge in [-0.15, -0.1) is 0 Å². The van der Waals surface area contributed by atoms with E-state index < -0.39 is 10.0 Å². The van der Waals surface area contributed by atoms with E-state index in [1.165, 1.54) is 0 Å².